The number of nitrogens with one attached hydrogen (secondary N) is 2. The van der Waals surface area contributed by atoms with E-state index >= 15 is 0 Å². The van der Waals surface area contributed by atoms with Crippen LogP contribution in [-0.4, -0.2) is 47.8 Å². The van der Waals surface area contributed by atoms with E-state index < -0.39 is 0 Å². The molecule has 6 nitrogen and oxygen atoms in total. The average molecular weight is 458 g/mol. The van der Waals surface area contributed by atoms with E-state index in [1.807, 2.05) is 45.1 Å². The van der Waals surface area contributed by atoms with Gasteiger partial charge in [0.25, 0.3) is 0 Å². The van der Waals surface area contributed by atoms with Gasteiger partial charge in [0, 0.05) is 62.1 Å². The van der Waals surface area contributed by atoms with Crippen LogP contribution in [-0.2, 0) is 0 Å². The van der Waals surface area contributed by atoms with Crippen molar-refractivity contribution in [2.45, 2.75) is 39.7 Å². The van der Waals surface area contributed by atoms with Crippen LogP contribution >= 0.6 is 0 Å². The number of hydrogen-bond acceptors (Lipinski definition) is 5. The second-order valence-corrected chi connectivity index (χ2v) is 8.99. The molecule has 1 aliphatic heterocycles. The van der Waals surface area contributed by atoms with E-state index in [4.69, 9.17) is 0 Å². The molecule has 4 rings (SSSR count). The summed E-state index contributed by atoms with van der Waals surface area (Å²) >= 11 is 0. The number of pyridine rings is 1. The van der Waals surface area contributed by atoms with Gasteiger partial charge in [-0.3, -0.25) is 14.7 Å². The van der Waals surface area contributed by atoms with E-state index in [2.05, 4.69) is 49.4 Å². The van der Waals surface area contributed by atoms with Gasteiger partial charge in [-0.15, -0.1) is 0 Å². The highest BCUT2D eigenvalue weighted by Gasteiger charge is 2.31. The van der Waals surface area contributed by atoms with Crippen molar-refractivity contribution in [3.05, 3.63) is 88.6 Å². The SMILES string of the molecule is C\C=C/N=C(C)\C(=C/C=C(\C)c1cc[nH]c(=O)c1)Nc1ccc(N2CCN(C3CC3)CC2)cc1. The Morgan fingerprint density at radius 1 is 1.06 bits per heavy atom. The molecule has 1 aromatic heterocycles. The lowest BCUT2D eigenvalue weighted by atomic mass is 10.1. The van der Waals surface area contributed by atoms with Crippen LogP contribution < -0.4 is 15.8 Å². The normalized spacial score (nSPS) is 18.6. The zero-order valence-corrected chi connectivity index (χ0v) is 20.4. The molecule has 0 atom stereocenters. The number of H-pyrrole nitrogens is 1. The largest absolute Gasteiger partial charge is 0.369 e. The van der Waals surface area contributed by atoms with Crippen LogP contribution in [0.15, 0.2) is 82.5 Å². The maximum atomic E-state index is 11.6. The van der Waals surface area contributed by atoms with Gasteiger partial charge in [-0.25, -0.2) is 0 Å². The molecule has 0 spiro atoms. The first kappa shape index (κ1) is 23.8. The highest BCUT2D eigenvalue weighted by atomic mass is 16.1. The third kappa shape index (κ3) is 6.35. The summed E-state index contributed by atoms with van der Waals surface area (Å²) in [6.07, 6.45) is 12.2. The number of allylic oxidation sites excluding steroid dienone is 5. The Kier molecular flexibility index (Phi) is 7.80. The van der Waals surface area contributed by atoms with Crippen molar-refractivity contribution in [1.82, 2.24) is 9.88 Å². The molecule has 34 heavy (non-hydrogen) atoms. The van der Waals surface area contributed by atoms with Gasteiger partial charge in [-0.1, -0.05) is 12.2 Å². The Morgan fingerprint density at radius 2 is 1.79 bits per heavy atom. The summed E-state index contributed by atoms with van der Waals surface area (Å²) in [7, 11) is 0. The smallest absolute Gasteiger partial charge is 0.248 e. The summed E-state index contributed by atoms with van der Waals surface area (Å²) in [5, 5.41) is 3.52. The van der Waals surface area contributed by atoms with Crippen molar-refractivity contribution in [3.63, 3.8) is 0 Å². The minimum Gasteiger partial charge on any atom is -0.369 e. The molecule has 2 fully saturated rings. The van der Waals surface area contributed by atoms with Crippen molar-refractivity contribution >= 4 is 22.7 Å². The highest BCUT2D eigenvalue weighted by molar-refractivity contribution is 6.01. The van der Waals surface area contributed by atoms with Crippen LogP contribution in [0.3, 0.4) is 0 Å². The molecule has 0 amide bonds. The molecule has 2 heterocycles. The molecular weight excluding hydrogens is 422 g/mol. The van der Waals surface area contributed by atoms with Gasteiger partial charge in [0.05, 0.1) is 11.4 Å². The van der Waals surface area contributed by atoms with Crippen LogP contribution in [0.5, 0.6) is 0 Å². The molecule has 178 valence electrons. The van der Waals surface area contributed by atoms with Gasteiger partial charge in [-0.05, 0) is 81.2 Å². The van der Waals surface area contributed by atoms with Gasteiger partial charge >= 0.3 is 0 Å². The van der Waals surface area contributed by atoms with Crippen LogP contribution in [0.25, 0.3) is 5.57 Å². The Balaban J connectivity index is 1.48. The van der Waals surface area contributed by atoms with E-state index in [0.717, 1.165) is 60.5 Å². The van der Waals surface area contributed by atoms with Gasteiger partial charge in [0.2, 0.25) is 5.56 Å². The fourth-order valence-corrected chi connectivity index (χ4v) is 4.20. The summed E-state index contributed by atoms with van der Waals surface area (Å²) in [5.74, 6) is 0. The van der Waals surface area contributed by atoms with Crippen molar-refractivity contribution in [2.24, 2.45) is 4.99 Å². The van der Waals surface area contributed by atoms with Crippen LogP contribution in [0, 0.1) is 0 Å². The molecular formula is C28H35N5O. The number of anilines is 2. The lowest BCUT2D eigenvalue weighted by Gasteiger charge is -2.36. The van der Waals surface area contributed by atoms with Crippen LogP contribution in [0.4, 0.5) is 11.4 Å². The van der Waals surface area contributed by atoms with Crippen molar-refractivity contribution in [3.8, 4) is 0 Å². The van der Waals surface area contributed by atoms with Gasteiger partial charge in [-0.2, -0.15) is 0 Å². The van der Waals surface area contributed by atoms with E-state index in [9.17, 15) is 4.79 Å². The monoisotopic (exact) mass is 457 g/mol. The van der Waals surface area contributed by atoms with E-state index in [-0.39, 0.29) is 5.56 Å². The second kappa shape index (κ2) is 11.2. The Hall–Kier alpha value is -3.38. The fourth-order valence-electron chi connectivity index (χ4n) is 4.20. The first-order valence-electron chi connectivity index (χ1n) is 12.1. The molecule has 1 saturated carbocycles. The summed E-state index contributed by atoms with van der Waals surface area (Å²) < 4.78 is 0. The maximum absolute atomic E-state index is 11.6. The zero-order valence-electron chi connectivity index (χ0n) is 20.4. The number of benzene rings is 1. The lowest BCUT2D eigenvalue weighted by Crippen LogP contribution is -2.47. The number of aromatic amines is 1. The number of aromatic nitrogens is 1. The van der Waals surface area contributed by atoms with E-state index in [1.54, 1.807) is 18.5 Å². The van der Waals surface area contributed by atoms with Gasteiger partial charge in [0.1, 0.15) is 0 Å². The molecule has 2 aliphatic rings. The van der Waals surface area contributed by atoms with Crippen molar-refractivity contribution in [2.75, 3.05) is 36.4 Å². The molecule has 2 aromatic rings. The molecule has 0 bridgehead atoms. The molecule has 0 unspecified atom stereocenters. The predicted octanol–water partition coefficient (Wildman–Crippen LogP) is 5.05. The Bertz CT molecular complexity index is 1140. The summed E-state index contributed by atoms with van der Waals surface area (Å²) in [5.41, 5.74) is 5.88. The molecule has 1 aliphatic carbocycles. The predicted molar refractivity (Wildman–Crippen MR) is 144 cm³/mol. The second-order valence-electron chi connectivity index (χ2n) is 8.99. The number of nitrogens with zero attached hydrogens (tertiary/aromatic N) is 3. The average Bonchev–Trinajstić information content (AvgIpc) is 3.71. The molecule has 0 radical (unpaired) electrons. The Morgan fingerprint density at radius 3 is 2.44 bits per heavy atom. The van der Waals surface area contributed by atoms with E-state index in [1.165, 1.54) is 18.5 Å². The molecule has 2 N–H and O–H groups in total. The van der Waals surface area contributed by atoms with Gasteiger partial charge in [0.15, 0.2) is 0 Å². The Labute approximate surface area is 202 Å². The first-order valence-corrected chi connectivity index (χ1v) is 12.1. The maximum Gasteiger partial charge on any atom is 0.248 e. The first-order chi connectivity index (χ1) is 16.5. The minimum absolute atomic E-state index is 0.104. The zero-order chi connectivity index (χ0) is 23.9. The fraction of sp³-hybridized carbons (Fsp3) is 0.357. The topological polar surface area (TPSA) is 63.7 Å². The van der Waals surface area contributed by atoms with Crippen LogP contribution in [0.2, 0.25) is 0 Å². The quantitative estimate of drug-likeness (QED) is 0.430. The minimum atomic E-state index is -0.104. The lowest BCUT2D eigenvalue weighted by molar-refractivity contribution is 0.248. The standard InChI is InChI=1S/C28H35N5O/c1-4-14-29-22(3)27(12-5-21(2)23-13-15-30-28(34)20-23)31-24-6-8-25(9-7-24)32-16-18-33(19-17-32)26-10-11-26/h4-9,12-15,20,26,31H,10-11,16-19H2,1-3H3,(H,30,34)/b14-4-,21-5+,27-12+,29-22-. The molecule has 1 saturated heterocycles. The number of rotatable bonds is 8. The van der Waals surface area contributed by atoms with Gasteiger partial charge < -0.3 is 15.2 Å². The number of piperazine rings is 1. The van der Waals surface area contributed by atoms with E-state index in [0.29, 0.717) is 0 Å². The summed E-state index contributed by atoms with van der Waals surface area (Å²) in [4.78, 5) is 24.0. The molecule has 1 aromatic carbocycles. The van der Waals surface area contributed by atoms with Crippen molar-refractivity contribution < 1.29 is 0 Å². The summed E-state index contributed by atoms with van der Waals surface area (Å²) in [6.45, 7) is 10.5. The summed E-state index contributed by atoms with van der Waals surface area (Å²) in [6, 6.07) is 13.0. The number of hydrogen-bond donors (Lipinski definition) is 2. The van der Waals surface area contributed by atoms with Crippen molar-refractivity contribution in [1.29, 1.82) is 0 Å². The third-order valence-electron chi connectivity index (χ3n) is 6.43. The van der Waals surface area contributed by atoms with Crippen LogP contribution in [0.1, 0.15) is 39.2 Å². The number of aliphatic imine (C=N–C) groups is 1. The third-order valence-corrected chi connectivity index (χ3v) is 6.43. The highest BCUT2D eigenvalue weighted by Crippen LogP contribution is 2.29. The molecule has 6 heteroatoms.